The van der Waals surface area contributed by atoms with Gasteiger partial charge in [-0.2, -0.15) is 11.8 Å². The first-order chi connectivity index (χ1) is 10.5. The van der Waals surface area contributed by atoms with Gasteiger partial charge < -0.3 is 15.4 Å². The molecule has 0 radical (unpaired) electrons. The summed E-state index contributed by atoms with van der Waals surface area (Å²) >= 11 is 8.04. The summed E-state index contributed by atoms with van der Waals surface area (Å²) in [7, 11) is 3.39. The van der Waals surface area contributed by atoms with E-state index in [4.69, 9.17) is 22.1 Å². The van der Waals surface area contributed by atoms with Gasteiger partial charge in [0.05, 0.1) is 23.4 Å². The van der Waals surface area contributed by atoms with Crippen LogP contribution in [0.25, 0.3) is 0 Å². The second kappa shape index (κ2) is 7.47. The van der Waals surface area contributed by atoms with Crippen molar-refractivity contribution in [1.82, 2.24) is 4.90 Å². The van der Waals surface area contributed by atoms with Gasteiger partial charge in [-0.05, 0) is 31.1 Å². The van der Waals surface area contributed by atoms with Crippen molar-refractivity contribution in [1.29, 1.82) is 0 Å². The fraction of sp³-hybridized carbons (Fsp3) is 0.562. The van der Waals surface area contributed by atoms with E-state index in [2.05, 4.69) is 6.92 Å². The van der Waals surface area contributed by atoms with Gasteiger partial charge in [0.1, 0.15) is 5.75 Å². The molecule has 0 saturated heterocycles. The standard InChI is InChI=1S/C16H23ClN2O2S/c1-4-22-11-6-5-10(7-11)19(2)16(20)12-8-13(17)14(18)9-15(12)21-3/h8-11H,4-7,18H2,1-3H3. The lowest BCUT2D eigenvalue weighted by molar-refractivity contribution is 0.0732. The third-order valence-electron chi connectivity index (χ3n) is 4.18. The molecule has 1 aromatic rings. The molecule has 2 atom stereocenters. The lowest BCUT2D eigenvalue weighted by Crippen LogP contribution is -2.35. The van der Waals surface area contributed by atoms with Crippen molar-refractivity contribution in [2.24, 2.45) is 0 Å². The van der Waals surface area contributed by atoms with Gasteiger partial charge in [-0.15, -0.1) is 0 Å². The maximum absolute atomic E-state index is 12.8. The molecule has 1 aliphatic carbocycles. The van der Waals surface area contributed by atoms with Crippen LogP contribution in [0, 0.1) is 0 Å². The number of nitrogen functional groups attached to an aromatic ring is 1. The van der Waals surface area contributed by atoms with Gasteiger partial charge in [0.15, 0.2) is 0 Å². The van der Waals surface area contributed by atoms with Crippen LogP contribution in [-0.2, 0) is 0 Å². The number of nitrogens with two attached hydrogens (primary N) is 1. The summed E-state index contributed by atoms with van der Waals surface area (Å²) in [6, 6.07) is 3.48. The summed E-state index contributed by atoms with van der Waals surface area (Å²) in [5.41, 5.74) is 6.66. The van der Waals surface area contributed by atoms with Crippen LogP contribution in [0.5, 0.6) is 5.75 Å². The van der Waals surface area contributed by atoms with E-state index in [9.17, 15) is 4.79 Å². The van der Waals surface area contributed by atoms with Crippen LogP contribution in [0.3, 0.4) is 0 Å². The molecule has 1 fully saturated rings. The minimum Gasteiger partial charge on any atom is -0.496 e. The Labute approximate surface area is 141 Å². The fourth-order valence-corrected chi connectivity index (χ4v) is 4.21. The van der Waals surface area contributed by atoms with Gasteiger partial charge in [-0.3, -0.25) is 4.79 Å². The van der Waals surface area contributed by atoms with Crippen LogP contribution in [0.1, 0.15) is 36.5 Å². The highest BCUT2D eigenvalue weighted by Crippen LogP contribution is 2.34. The molecule has 2 unspecified atom stereocenters. The van der Waals surface area contributed by atoms with Crippen LogP contribution in [0.15, 0.2) is 12.1 Å². The Morgan fingerprint density at radius 2 is 2.23 bits per heavy atom. The Morgan fingerprint density at radius 1 is 1.50 bits per heavy atom. The van der Waals surface area contributed by atoms with Crippen molar-refractivity contribution in [3.63, 3.8) is 0 Å². The summed E-state index contributed by atoms with van der Waals surface area (Å²) in [5, 5.41) is 1.03. The van der Waals surface area contributed by atoms with Gasteiger partial charge >= 0.3 is 0 Å². The average molecular weight is 343 g/mol. The number of benzene rings is 1. The first kappa shape index (κ1) is 17.3. The quantitative estimate of drug-likeness (QED) is 0.829. The zero-order valence-corrected chi connectivity index (χ0v) is 14.8. The Balaban J connectivity index is 2.16. The van der Waals surface area contributed by atoms with E-state index in [1.807, 2.05) is 23.7 Å². The number of rotatable bonds is 5. The van der Waals surface area contributed by atoms with Gasteiger partial charge in [0, 0.05) is 24.4 Å². The number of hydrogen-bond donors (Lipinski definition) is 1. The van der Waals surface area contributed by atoms with Gasteiger partial charge in [-0.25, -0.2) is 0 Å². The molecule has 0 aliphatic heterocycles. The number of carbonyl (C=O) groups excluding carboxylic acids is 1. The van der Waals surface area contributed by atoms with E-state index in [0.717, 1.165) is 18.6 Å². The number of hydrogen-bond acceptors (Lipinski definition) is 4. The molecule has 1 aromatic carbocycles. The minimum absolute atomic E-state index is 0.0640. The monoisotopic (exact) mass is 342 g/mol. The molecule has 0 aromatic heterocycles. The van der Waals surface area contributed by atoms with Crippen molar-refractivity contribution in [2.75, 3.05) is 25.6 Å². The zero-order chi connectivity index (χ0) is 16.3. The van der Waals surface area contributed by atoms with E-state index in [1.54, 1.807) is 12.1 Å². The predicted octanol–water partition coefficient (Wildman–Crippen LogP) is 3.68. The van der Waals surface area contributed by atoms with Crippen molar-refractivity contribution >= 4 is 35.0 Å². The molecule has 0 bridgehead atoms. The van der Waals surface area contributed by atoms with Crippen LogP contribution < -0.4 is 10.5 Å². The van der Waals surface area contributed by atoms with Crippen LogP contribution >= 0.6 is 23.4 Å². The van der Waals surface area contributed by atoms with Crippen molar-refractivity contribution in [3.05, 3.63) is 22.7 Å². The second-order valence-electron chi connectivity index (χ2n) is 5.53. The first-order valence-corrected chi connectivity index (χ1v) is 8.92. The van der Waals surface area contributed by atoms with Gasteiger partial charge in [0.25, 0.3) is 5.91 Å². The second-order valence-corrected chi connectivity index (χ2v) is 7.52. The van der Waals surface area contributed by atoms with Crippen LogP contribution in [-0.4, -0.2) is 42.0 Å². The normalized spacial score (nSPS) is 20.9. The number of thioether (sulfide) groups is 1. The van der Waals surface area contributed by atoms with E-state index < -0.39 is 0 Å². The molecule has 1 aliphatic rings. The molecule has 22 heavy (non-hydrogen) atoms. The van der Waals surface area contributed by atoms with E-state index >= 15 is 0 Å². The lowest BCUT2D eigenvalue weighted by Gasteiger charge is -2.25. The number of halogens is 1. The van der Waals surface area contributed by atoms with E-state index in [0.29, 0.717) is 27.3 Å². The van der Waals surface area contributed by atoms with Crippen LogP contribution in [0.4, 0.5) is 5.69 Å². The lowest BCUT2D eigenvalue weighted by atomic mass is 10.1. The number of amides is 1. The third kappa shape index (κ3) is 3.63. The molecule has 0 spiro atoms. The van der Waals surface area contributed by atoms with Crippen molar-refractivity contribution in [3.8, 4) is 5.75 Å². The maximum Gasteiger partial charge on any atom is 0.257 e. The summed E-state index contributed by atoms with van der Waals surface area (Å²) in [6.45, 7) is 2.17. The highest BCUT2D eigenvalue weighted by Gasteiger charge is 2.31. The average Bonchev–Trinajstić information content (AvgIpc) is 2.97. The maximum atomic E-state index is 12.8. The molecule has 1 saturated carbocycles. The molecule has 4 nitrogen and oxygen atoms in total. The number of methoxy groups -OCH3 is 1. The van der Waals surface area contributed by atoms with Gasteiger partial charge in [0.2, 0.25) is 0 Å². The highest BCUT2D eigenvalue weighted by molar-refractivity contribution is 7.99. The number of anilines is 1. The molecule has 2 N–H and O–H groups in total. The molecule has 0 heterocycles. The fourth-order valence-electron chi connectivity index (χ4n) is 2.92. The topological polar surface area (TPSA) is 55.6 Å². The summed E-state index contributed by atoms with van der Waals surface area (Å²) < 4.78 is 5.28. The largest absolute Gasteiger partial charge is 0.496 e. The molecule has 2 rings (SSSR count). The van der Waals surface area contributed by atoms with E-state index in [-0.39, 0.29) is 11.9 Å². The molecular formula is C16H23ClN2O2S. The van der Waals surface area contributed by atoms with E-state index in [1.165, 1.54) is 13.5 Å². The number of carbonyl (C=O) groups is 1. The Kier molecular flexibility index (Phi) is 5.87. The van der Waals surface area contributed by atoms with Crippen molar-refractivity contribution < 1.29 is 9.53 Å². The predicted molar refractivity (Wildman–Crippen MR) is 94.1 cm³/mol. The first-order valence-electron chi connectivity index (χ1n) is 7.49. The minimum atomic E-state index is -0.0640. The zero-order valence-electron chi connectivity index (χ0n) is 13.3. The summed E-state index contributed by atoms with van der Waals surface area (Å²) in [4.78, 5) is 14.6. The van der Waals surface area contributed by atoms with Gasteiger partial charge in [-0.1, -0.05) is 18.5 Å². The summed E-state index contributed by atoms with van der Waals surface area (Å²) in [6.07, 6.45) is 3.26. The van der Waals surface area contributed by atoms with Crippen LogP contribution in [0.2, 0.25) is 5.02 Å². The molecule has 1 amide bonds. The molecular weight excluding hydrogens is 320 g/mol. The highest BCUT2D eigenvalue weighted by atomic mass is 35.5. The van der Waals surface area contributed by atoms with Crippen molar-refractivity contribution in [2.45, 2.75) is 37.5 Å². The Morgan fingerprint density at radius 3 is 2.86 bits per heavy atom. The smallest absolute Gasteiger partial charge is 0.257 e. The Hall–Kier alpha value is -1.07. The molecule has 6 heteroatoms. The summed E-state index contributed by atoms with van der Waals surface area (Å²) in [5.74, 6) is 1.53. The number of nitrogens with zero attached hydrogens (tertiary/aromatic N) is 1. The third-order valence-corrected chi connectivity index (χ3v) is 5.74. The molecule has 122 valence electrons. The number of ether oxygens (including phenoxy) is 1. The SMILES string of the molecule is CCSC1CCC(N(C)C(=O)c2cc(Cl)c(N)cc2OC)C1. The Bertz CT molecular complexity index is 553.